The molecule has 5 heterocycles. The van der Waals surface area contributed by atoms with Gasteiger partial charge in [-0.2, -0.15) is 18.3 Å². The number of aromatic nitrogens is 6. The Morgan fingerprint density at radius 3 is 2.58 bits per heavy atom. The minimum atomic E-state index is -4.66. The molecule has 36 heavy (non-hydrogen) atoms. The Morgan fingerprint density at radius 1 is 1.11 bits per heavy atom. The van der Waals surface area contributed by atoms with Gasteiger partial charge < -0.3 is 15.3 Å². The van der Waals surface area contributed by atoms with Crippen molar-refractivity contribution in [2.75, 3.05) is 12.4 Å². The number of carbonyl (C=O) groups is 1. The number of nitrogens with one attached hydrogen (secondary N) is 1. The number of amides is 1. The lowest BCUT2D eigenvalue weighted by Gasteiger charge is -2.21. The monoisotopic (exact) mass is 516 g/mol. The predicted octanol–water partition coefficient (Wildman–Crippen LogP) is 3.12. The van der Waals surface area contributed by atoms with E-state index in [4.69, 9.17) is 0 Å². The van der Waals surface area contributed by atoms with E-state index in [-0.39, 0.29) is 5.56 Å². The Balaban J connectivity index is 1.41. The second kappa shape index (κ2) is 8.64. The lowest BCUT2D eigenvalue weighted by Crippen LogP contribution is -2.41. The molecule has 0 aromatic carbocycles. The summed E-state index contributed by atoms with van der Waals surface area (Å²) in [5, 5.41) is 20.5. The molecule has 0 radical (unpaired) electrons. The second-order valence-corrected chi connectivity index (χ2v) is 9.13. The molecule has 1 saturated heterocycles. The standard InChI is InChI=1S/C22H19F3N8O2S/c1-32-8-5-17(31-32)30-20-27-7-4-13(29-20)18-28-15(11-36-18)14-9-12(3-6-26-14)21(35)10-16(22(23,24)25)33(2)19(21)34/h3-9,11,16,35H,10H2,1-2H3,(H,27,29,30,31)/t16-,21+/m0/s1. The molecule has 4 aromatic rings. The Kier molecular flexibility index (Phi) is 5.71. The van der Waals surface area contributed by atoms with Gasteiger partial charge in [-0.15, -0.1) is 11.3 Å². The zero-order chi connectivity index (χ0) is 25.7. The van der Waals surface area contributed by atoms with E-state index in [1.807, 2.05) is 0 Å². The number of halogens is 3. The average Bonchev–Trinajstić information content (AvgIpc) is 3.55. The Labute approximate surface area is 206 Å². The van der Waals surface area contributed by atoms with E-state index < -0.39 is 30.1 Å². The number of carbonyl (C=O) groups excluding carboxylic acids is 1. The molecule has 14 heteroatoms. The van der Waals surface area contributed by atoms with Crippen LogP contribution in [0, 0.1) is 0 Å². The van der Waals surface area contributed by atoms with E-state index in [1.165, 1.54) is 29.7 Å². The molecule has 0 bridgehead atoms. The third-order valence-electron chi connectivity index (χ3n) is 5.84. The number of pyridine rings is 1. The lowest BCUT2D eigenvalue weighted by molar-refractivity contribution is -0.177. The van der Waals surface area contributed by atoms with Crippen LogP contribution in [0.1, 0.15) is 12.0 Å². The van der Waals surface area contributed by atoms with Crippen LogP contribution in [0.15, 0.2) is 48.2 Å². The quantitative estimate of drug-likeness (QED) is 0.415. The molecule has 1 fully saturated rings. The second-order valence-electron chi connectivity index (χ2n) is 8.27. The number of hydrogen-bond donors (Lipinski definition) is 2. The summed E-state index contributed by atoms with van der Waals surface area (Å²) in [7, 11) is 2.82. The highest BCUT2D eigenvalue weighted by atomic mass is 32.1. The fourth-order valence-electron chi connectivity index (χ4n) is 3.99. The Morgan fingerprint density at radius 2 is 1.89 bits per heavy atom. The minimum absolute atomic E-state index is 0.0227. The minimum Gasteiger partial charge on any atom is -0.375 e. The van der Waals surface area contributed by atoms with Crippen LogP contribution in [0.4, 0.5) is 24.9 Å². The third-order valence-corrected chi connectivity index (χ3v) is 6.71. The highest BCUT2D eigenvalue weighted by Crippen LogP contribution is 2.43. The summed E-state index contributed by atoms with van der Waals surface area (Å²) in [5.41, 5.74) is -1.03. The first-order valence-corrected chi connectivity index (χ1v) is 11.5. The van der Waals surface area contributed by atoms with E-state index >= 15 is 0 Å². The van der Waals surface area contributed by atoms with Crippen LogP contribution >= 0.6 is 11.3 Å². The number of nitrogens with zero attached hydrogens (tertiary/aromatic N) is 7. The van der Waals surface area contributed by atoms with E-state index in [9.17, 15) is 23.1 Å². The molecule has 1 amide bonds. The van der Waals surface area contributed by atoms with Crippen molar-refractivity contribution in [1.82, 2.24) is 34.6 Å². The summed E-state index contributed by atoms with van der Waals surface area (Å²) < 4.78 is 41.7. The van der Waals surface area contributed by atoms with Crippen molar-refractivity contribution in [3.8, 4) is 22.1 Å². The molecule has 186 valence electrons. The summed E-state index contributed by atoms with van der Waals surface area (Å²) in [4.78, 5) is 30.6. The molecule has 10 nitrogen and oxygen atoms in total. The number of anilines is 2. The summed E-state index contributed by atoms with van der Waals surface area (Å²) in [6.45, 7) is 0. The molecule has 4 aromatic heterocycles. The molecule has 2 atom stereocenters. The molecule has 2 N–H and O–H groups in total. The molecular weight excluding hydrogens is 497 g/mol. The maximum Gasteiger partial charge on any atom is 0.408 e. The van der Waals surface area contributed by atoms with Crippen LogP contribution in [-0.4, -0.2) is 64.9 Å². The number of rotatable bonds is 5. The average molecular weight is 517 g/mol. The number of hydrogen-bond acceptors (Lipinski definition) is 9. The normalized spacial score (nSPS) is 20.2. The summed E-state index contributed by atoms with van der Waals surface area (Å²) >= 11 is 1.28. The number of thiazole rings is 1. The lowest BCUT2D eigenvalue weighted by atomic mass is 9.90. The summed E-state index contributed by atoms with van der Waals surface area (Å²) in [6.07, 6.45) is -0.782. The SMILES string of the molecule is CN1C(=O)[C@](O)(c2ccnc(-c3csc(-c4ccnc(Nc5ccn(C)n5)n4)n3)c2)C[C@H]1C(F)(F)F. The van der Waals surface area contributed by atoms with E-state index in [1.54, 1.807) is 41.6 Å². The fourth-order valence-corrected chi connectivity index (χ4v) is 4.77. The molecule has 0 spiro atoms. The number of aliphatic hydroxyl groups is 1. The van der Waals surface area contributed by atoms with Crippen LogP contribution in [0.25, 0.3) is 22.1 Å². The first kappa shape index (κ1) is 23.8. The topological polar surface area (TPSA) is 122 Å². The van der Waals surface area contributed by atoms with Gasteiger partial charge in [0.25, 0.3) is 5.91 Å². The Bertz CT molecular complexity index is 1440. The van der Waals surface area contributed by atoms with Gasteiger partial charge in [0.15, 0.2) is 11.4 Å². The largest absolute Gasteiger partial charge is 0.408 e. The molecule has 5 rings (SSSR count). The predicted molar refractivity (Wildman–Crippen MR) is 124 cm³/mol. The van der Waals surface area contributed by atoms with Gasteiger partial charge in [0.05, 0.1) is 5.69 Å². The van der Waals surface area contributed by atoms with Gasteiger partial charge >= 0.3 is 6.18 Å². The molecule has 0 saturated carbocycles. The van der Waals surface area contributed by atoms with Gasteiger partial charge in [-0.1, -0.05) is 0 Å². The maximum atomic E-state index is 13.4. The van der Waals surface area contributed by atoms with Gasteiger partial charge in [-0.25, -0.2) is 15.0 Å². The van der Waals surface area contributed by atoms with Crippen molar-refractivity contribution < 1.29 is 23.1 Å². The van der Waals surface area contributed by atoms with Crippen molar-refractivity contribution in [3.63, 3.8) is 0 Å². The van der Waals surface area contributed by atoms with Crippen molar-refractivity contribution >= 4 is 29.0 Å². The maximum absolute atomic E-state index is 13.4. The third kappa shape index (κ3) is 4.28. The van der Waals surface area contributed by atoms with Gasteiger partial charge in [-0.3, -0.25) is 14.5 Å². The van der Waals surface area contributed by atoms with Crippen molar-refractivity contribution in [2.24, 2.45) is 7.05 Å². The molecule has 1 aliphatic rings. The van der Waals surface area contributed by atoms with Crippen LogP contribution in [0.2, 0.25) is 0 Å². The van der Waals surface area contributed by atoms with Crippen molar-refractivity contribution in [2.45, 2.75) is 24.2 Å². The van der Waals surface area contributed by atoms with Crippen molar-refractivity contribution in [1.29, 1.82) is 0 Å². The number of likely N-dealkylation sites (N-methyl/N-ethyl adjacent to an activating group) is 1. The summed E-state index contributed by atoms with van der Waals surface area (Å²) in [5.74, 6) is -0.114. The van der Waals surface area contributed by atoms with Gasteiger partial charge in [0.1, 0.15) is 22.4 Å². The van der Waals surface area contributed by atoms with Crippen molar-refractivity contribution in [3.05, 3.63) is 53.8 Å². The summed E-state index contributed by atoms with van der Waals surface area (Å²) in [6, 6.07) is 4.10. The van der Waals surface area contributed by atoms with Gasteiger partial charge in [-0.05, 0) is 23.8 Å². The van der Waals surface area contributed by atoms with Crippen LogP contribution in [-0.2, 0) is 17.4 Å². The number of likely N-dealkylation sites (tertiary alicyclic amines) is 1. The van der Waals surface area contributed by atoms with Gasteiger partial charge in [0, 0.05) is 50.6 Å². The highest BCUT2D eigenvalue weighted by molar-refractivity contribution is 7.13. The molecule has 0 aliphatic carbocycles. The number of alkyl halides is 3. The zero-order valence-electron chi connectivity index (χ0n) is 18.9. The zero-order valence-corrected chi connectivity index (χ0v) is 19.7. The molecule has 0 unspecified atom stereocenters. The smallest absolute Gasteiger partial charge is 0.375 e. The van der Waals surface area contributed by atoms with E-state index in [2.05, 4.69) is 30.4 Å². The first-order chi connectivity index (χ1) is 17.0. The fraction of sp³-hybridized carbons (Fsp3) is 0.273. The van der Waals surface area contributed by atoms with E-state index in [0.29, 0.717) is 38.8 Å². The van der Waals surface area contributed by atoms with Crippen LogP contribution in [0.5, 0.6) is 0 Å². The molecule has 1 aliphatic heterocycles. The highest BCUT2D eigenvalue weighted by Gasteiger charge is 2.59. The number of aryl methyl sites for hydroxylation is 1. The van der Waals surface area contributed by atoms with Gasteiger partial charge in [0.2, 0.25) is 5.95 Å². The molecular formula is C22H19F3N8O2S. The van der Waals surface area contributed by atoms with Crippen LogP contribution < -0.4 is 5.32 Å². The van der Waals surface area contributed by atoms with Crippen LogP contribution in [0.3, 0.4) is 0 Å². The van der Waals surface area contributed by atoms with E-state index in [0.717, 1.165) is 7.05 Å². The Hall–Kier alpha value is -3.91. The first-order valence-electron chi connectivity index (χ1n) is 10.6.